The molecule has 4 rings (SSSR count). The molecule has 1 atom stereocenters. The van der Waals surface area contributed by atoms with Crippen molar-refractivity contribution in [2.24, 2.45) is 5.92 Å². The molecule has 1 saturated heterocycles. The smallest absolute Gasteiger partial charge is 0.231 e. The van der Waals surface area contributed by atoms with Gasteiger partial charge in [-0.3, -0.25) is 9.59 Å². The molecule has 3 aromatic rings. The first kappa shape index (κ1) is 19.3. The SMILES string of the molecule is O=C(Nc1nnc(CCc2ccccc2)s1)C1CC(=O)N(Cc2ccccc2)C1. The van der Waals surface area contributed by atoms with E-state index in [9.17, 15) is 9.59 Å². The largest absolute Gasteiger partial charge is 0.338 e. The van der Waals surface area contributed by atoms with E-state index in [1.165, 1.54) is 16.9 Å². The zero-order chi connectivity index (χ0) is 20.1. The summed E-state index contributed by atoms with van der Waals surface area (Å²) in [7, 11) is 0. The normalized spacial score (nSPS) is 16.2. The molecule has 148 valence electrons. The molecule has 2 aromatic carbocycles. The number of carbonyl (C=O) groups is 2. The molecule has 1 aromatic heterocycles. The summed E-state index contributed by atoms with van der Waals surface area (Å²) in [5.41, 5.74) is 2.31. The highest BCUT2D eigenvalue weighted by atomic mass is 32.1. The fraction of sp³-hybridized carbons (Fsp3) is 0.273. The number of carbonyl (C=O) groups excluding carboxylic acids is 2. The zero-order valence-corrected chi connectivity index (χ0v) is 16.8. The molecular weight excluding hydrogens is 384 g/mol. The van der Waals surface area contributed by atoms with Gasteiger partial charge in [0.15, 0.2) is 0 Å². The van der Waals surface area contributed by atoms with Crippen LogP contribution in [0, 0.1) is 5.92 Å². The highest BCUT2D eigenvalue weighted by Crippen LogP contribution is 2.23. The van der Waals surface area contributed by atoms with Gasteiger partial charge in [0.2, 0.25) is 16.9 Å². The van der Waals surface area contributed by atoms with Gasteiger partial charge >= 0.3 is 0 Å². The van der Waals surface area contributed by atoms with Gasteiger partial charge in [0.05, 0.1) is 5.92 Å². The van der Waals surface area contributed by atoms with Crippen LogP contribution < -0.4 is 5.32 Å². The Labute approximate surface area is 173 Å². The van der Waals surface area contributed by atoms with E-state index in [-0.39, 0.29) is 24.2 Å². The van der Waals surface area contributed by atoms with Crippen molar-refractivity contribution >= 4 is 28.3 Å². The van der Waals surface area contributed by atoms with E-state index in [0.717, 1.165) is 23.4 Å². The van der Waals surface area contributed by atoms with Gasteiger partial charge < -0.3 is 10.2 Å². The summed E-state index contributed by atoms with van der Waals surface area (Å²) in [5.74, 6) is -0.516. The fourth-order valence-corrected chi connectivity index (χ4v) is 4.16. The summed E-state index contributed by atoms with van der Waals surface area (Å²) in [6.45, 7) is 0.963. The first-order chi connectivity index (χ1) is 14.2. The van der Waals surface area contributed by atoms with E-state index in [2.05, 4.69) is 27.6 Å². The van der Waals surface area contributed by atoms with Crippen LogP contribution in [0.25, 0.3) is 0 Å². The number of hydrogen-bond donors (Lipinski definition) is 1. The lowest BCUT2D eigenvalue weighted by Gasteiger charge is -2.16. The topological polar surface area (TPSA) is 75.2 Å². The number of anilines is 1. The van der Waals surface area contributed by atoms with Gasteiger partial charge in [-0.2, -0.15) is 0 Å². The van der Waals surface area contributed by atoms with Crippen molar-refractivity contribution in [3.05, 3.63) is 76.8 Å². The van der Waals surface area contributed by atoms with E-state index in [0.29, 0.717) is 18.2 Å². The van der Waals surface area contributed by atoms with E-state index < -0.39 is 0 Å². The van der Waals surface area contributed by atoms with E-state index in [1.807, 2.05) is 48.5 Å². The van der Waals surface area contributed by atoms with E-state index in [4.69, 9.17) is 0 Å². The number of nitrogens with zero attached hydrogens (tertiary/aromatic N) is 3. The van der Waals surface area contributed by atoms with Crippen LogP contribution in [0.5, 0.6) is 0 Å². The maximum Gasteiger partial charge on any atom is 0.231 e. The molecule has 2 heterocycles. The maximum absolute atomic E-state index is 12.6. The molecule has 7 heteroatoms. The third kappa shape index (κ3) is 5.06. The first-order valence-electron chi connectivity index (χ1n) is 9.66. The molecule has 1 aliphatic heterocycles. The third-order valence-corrected chi connectivity index (χ3v) is 5.87. The zero-order valence-electron chi connectivity index (χ0n) is 16.0. The van der Waals surface area contributed by atoms with Gasteiger partial charge in [0.25, 0.3) is 0 Å². The number of amides is 2. The Kier molecular flexibility index (Phi) is 5.95. The van der Waals surface area contributed by atoms with Crippen LogP contribution in [0.15, 0.2) is 60.7 Å². The molecule has 2 amide bonds. The van der Waals surface area contributed by atoms with Crippen molar-refractivity contribution in [2.45, 2.75) is 25.8 Å². The highest BCUT2D eigenvalue weighted by molar-refractivity contribution is 7.15. The van der Waals surface area contributed by atoms with Gasteiger partial charge in [-0.15, -0.1) is 10.2 Å². The summed E-state index contributed by atoms with van der Waals surface area (Å²) in [6.07, 6.45) is 1.90. The van der Waals surface area contributed by atoms with Crippen molar-refractivity contribution in [2.75, 3.05) is 11.9 Å². The Morgan fingerprint density at radius 2 is 1.69 bits per heavy atom. The molecule has 1 aliphatic rings. The molecule has 1 unspecified atom stereocenters. The minimum absolute atomic E-state index is 0.00909. The number of nitrogens with one attached hydrogen (secondary N) is 1. The van der Waals surface area contributed by atoms with Crippen LogP contribution in [-0.4, -0.2) is 33.5 Å². The summed E-state index contributed by atoms with van der Waals surface area (Å²) in [5, 5.41) is 12.5. The van der Waals surface area contributed by atoms with E-state index in [1.54, 1.807) is 4.90 Å². The second-order valence-electron chi connectivity index (χ2n) is 7.14. The van der Waals surface area contributed by atoms with E-state index >= 15 is 0 Å². The fourth-order valence-electron chi connectivity index (χ4n) is 3.41. The average Bonchev–Trinajstić information content (AvgIpc) is 3.34. The van der Waals surface area contributed by atoms with Gasteiger partial charge in [-0.25, -0.2) is 0 Å². The predicted octanol–water partition coefficient (Wildman–Crippen LogP) is 3.31. The average molecular weight is 407 g/mol. The quantitative estimate of drug-likeness (QED) is 0.653. The monoisotopic (exact) mass is 406 g/mol. The van der Waals surface area contributed by atoms with Gasteiger partial charge in [0, 0.05) is 25.9 Å². The number of benzene rings is 2. The second-order valence-corrected chi connectivity index (χ2v) is 8.20. The molecule has 1 fully saturated rings. The lowest BCUT2D eigenvalue weighted by molar-refractivity contribution is -0.128. The second kappa shape index (κ2) is 8.96. The maximum atomic E-state index is 12.6. The van der Waals surface area contributed by atoms with Crippen molar-refractivity contribution in [3.63, 3.8) is 0 Å². The number of hydrogen-bond acceptors (Lipinski definition) is 5. The van der Waals surface area contributed by atoms with Crippen LogP contribution in [0.2, 0.25) is 0 Å². The van der Waals surface area contributed by atoms with Gasteiger partial charge in [0.1, 0.15) is 5.01 Å². The Balaban J connectivity index is 1.29. The molecule has 6 nitrogen and oxygen atoms in total. The highest BCUT2D eigenvalue weighted by Gasteiger charge is 2.34. The Hall–Kier alpha value is -3.06. The lowest BCUT2D eigenvalue weighted by Crippen LogP contribution is -2.28. The molecule has 1 N–H and O–H groups in total. The van der Waals surface area contributed by atoms with Crippen molar-refractivity contribution in [1.82, 2.24) is 15.1 Å². The number of likely N-dealkylation sites (tertiary alicyclic amines) is 1. The summed E-state index contributed by atoms with van der Waals surface area (Å²) in [6, 6.07) is 20.0. The van der Waals surface area contributed by atoms with Crippen LogP contribution in [0.3, 0.4) is 0 Å². The summed E-state index contributed by atoms with van der Waals surface area (Å²) >= 11 is 1.39. The molecular formula is C22H22N4O2S. The minimum Gasteiger partial charge on any atom is -0.338 e. The first-order valence-corrected chi connectivity index (χ1v) is 10.5. The Morgan fingerprint density at radius 3 is 2.41 bits per heavy atom. The van der Waals surface area contributed by atoms with Crippen LogP contribution >= 0.6 is 11.3 Å². The Bertz CT molecular complexity index is 975. The van der Waals surface area contributed by atoms with Gasteiger partial charge in [-0.1, -0.05) is 72.0 Å². The number of aromatic nitrogens is 2. The van der Waals surface area contributed by atoms with Crippen molar-refractivity contribution in [3.8, 4) is 0 Å². The van der Waals surface area contributed by atoms with Crippen molar-refractivity contribution < 1.29 is 9.59 Å². The summed E-state index contributed by atoms with van der Waals surface area (Å²) < 4.78 is 0. The third-order valence-electron chi connectivity index (χ3n) is 4.97. The molecule has 0 bridgehead atoms. The predicted molar refractivity (Wildman–Crippen MR) is 112 cm³/mol. The standard InChI is InChI=1S/C22H22N4O2S/c27-20-13-18(15-26(20)14-17-9-5-2-6-10-17)21(28)23-22-25-24-19(29-22)12-11-16-7-3-1-4-8-16/h1-10,18H,11-15H2,(H,23,25,28). The molecule has 0 saturated carbocycles. The molecule has 0 spiro atoms. The molecule has 29 heavy (non-hydrogen) atoms. The van der Waals surface area contributed by atoms with Crippen LogP contribution in [0.1, 0.15) is 22.6 Å². The van der Waals surface area contributed by atoms with Crippen LogP contribution in [-0.2, 0) is 29.0 Å². The lowest BCUT2D eigenvalue weighted by atomic mass is 10.1. The molecule has 0 radical (unpaired) electrons. The van der Waals surface area contributed by atoms with Crippen LogP contribution in [0.4, 0.5) is 5.13 Å². The van der Waals surface area contributed by atoms with Gasteiger partial charge in [-0.05, 0) is 17.5 Å². The summed E-state index contributed by atoms with van der Waals surface area (Å²) in [4.78, 5) is 26.6. The van der Waals surface area contributed by atoms with Crippen molar-refractivity contribution in [1.29, 1.82) is 0 Å². The Morgan fingerprint density at radius 1 is 1.00 bits per heavy atom. The number of rotatable bonds is 7. The number of aryl methyl sites for hydroxylation is 2. The molecule has 0 aliphatic carbocycles. The minimum atomic E-state index is -0.358.